The highest BCUT2D eigenvalue weighted by Crippen LogP contribution is 2.29. The van der Waals surface area contributed by atoms with Crippen molar-refractivity contribution in [3.05, 3.63) is 29.5 Å². The number of ether oxygens (including phenoxy) is 2. The van der Waals surface area contributed by atoms with E-state index in [9.17, 15) is 9.59 Å². The number of rotatable bonds is 5. The molecule has 0 unspecified atom stereocenters. The van der Waals surface area contributed by atoms with Gasteiger partial charge >= 0.3 is 11.9 Å². The zero-order valence-corrected chi connectivity index (χ0v) is 13.8. The quantitative estimate of drug-likeness (QED) is 0.475. The lowest BCUT2D eigenvalue weighted by Gasteiger charge is -2.22. The Morgan fingerprint density at radius 2 is 2.04 bits per heavy atom. The molecule has 0 fully saturated rings. The molecule has 23 heavy (non-hydrogen) atoms. The monoisotopic (exact) mass is 316 g/mol. The molecule has 1 aromatic rings. The van der Waals surface area contributed by atoms with Crippen molar-refractivity contribution in [1.82, 2.24) is 0 Å². The minimum atomic E-state index is -0.510. The third kappa shape index (κ3) is 3.97. The summed E-state index contributed by atoms with van der Waals surface area (Å²) >= 11 is 0. The van der Waals surface area contributed by atoms with Crippen LogP contribution in [0.1, 0.15) is 33.3 Å². The number of hydrogen-bond acceptors (Lipinski definition) is 6. The Kier molecular flexibility index (Phi) is 5.16. The molecule has 0 bridgehead atoms. The number of esters is 2. The largest absolute Gasteiger partial charge is 0.426 e. The summed E-state index contributed by atoms with van der Waals surface area (Å²) in [7, 11) is 0. The number of benzene rings is 1. The third-order valence-electron chi connectivity index (χ3n) is 3.40. The lowest BCUT2D eigenvalue weighted by atomic mass is 10.1. The van der Waals surface area contributed by atoms with E-state index in [1.54, 1.807) is 25.1 Å². The van der Waals surface area contributed by atoms with E-state index in [0.717, 1.165) is 18.8 Å². The first kappa shape index (κ1) is 16.7. The molecule has 2 rings (SSSR count). The Bertz CT molecular complexity index is 688. The number of hydrogen-bond donors (Lipinski definition) is 0. The maximum Gasteiger partial charge on any atom is 0.363 e. The first-order valence-electron chi connectivity index (χ1n) is 7.51. The Hall–Kier alpha value is -2.63. The number of carbonyl (C=O) groups is 2. The molecule has 0 saturated heterocycles. The van der Waals surface area contributed by atoms with Crippen molar-refractivity contribution in [1.29, 1.82) is 0 Å². The predicted molar refractivity (Wildman–Crippen MR) is 88.5 cm³/mol. The van der Waals surface area contributed by atoms with Gasteiger partial charge in [0.25, 0.3) is 0 Å². The molecular formula is C17H20N2O4. The molecule has 0 aliphatic carbocycles. The number of cyclic esters (lactones) is 1. The van der Waals surface area contributed by atoms with Crippen LogP contribution in [0.25, 0.3) is 6.08 Å². The van der Waals surface area contributed by atoms with Gasteiger partial charge in [-0.1, -0.05) is 0 Å². The van der Waals surface area contributed by atoms with Gasteiger partial charge in [-0.3, -0.25) is 4.79 Å². The van der Waals surface area contributed by atoms with Crippen LogP contribution in [0.4, 0.5) is 5.69 Å². The molecule has 0 amide bonds. The van der Waals surface area contributed by atoms with Crippen molar-refractivity contribution < 1.29 is 19.1 Å². The molecule has 0 radical (unpaired) electrons. The van der Waals surface area contributed by atoms with Gasteiger partial charge in [0.05, 0.1) is 0 Å². The van der Waals surface area contributed by atoms with Crippen LogP contribution in [0, 0.1) is 0 Å². The fourth-order valence-electron chi connectivity index (χ4n) is 2.33. The van der Waals surface area contributed by atoms with Gasteiger partial charge in [-0.25, -0.2) is 9.79 Å². The minimum absolute atomic E-state index is 0.187. The molecule has 0 saturated carbocycles. The highest BCUT2D eigenvalue weighted by molar-refractivity contribution is 6.06. The molecule has 6 heteroatoms. The Labute approximate surface area is 135 Å². The van der Waals surface area contributed by atoms with Crippen LogP contribution >= 0.6 is 0 Å². The Balaban J connectivity index is 2.44. The lowest BCUT2D eigenvalue weighted by Crippen LogP contribution is -2.21. The van der Waals surface area contributed by atoms with E-state index in [2.05, 4.69) is 23.7 Å². The highest BCUT2D eigenvalue weighted by atomic mass is 16.6. The van der Waals surface area contributed by atoms with Crippen molar-refractivity contribution in [3.8, 4) is 5.75 Å². The van der Waals surface area contributed by atoms with Crippen LogP contribution in [0.2, 0.25) is 0 Å². The van der Waals surface area contributed by atoms with Crippen molar-refractivity contribution in [2.24, 2.45) is 4.99 Å². The fraction of sp³-hybridized carbons (Fsp3) is 0.353. The van der Waals surface area contributed by atoms with Crippen LogP contribution in [0.5, 0.6) is 5.75 Å². The average Bonchev–Trinajstić information content (AvgIpc) is 2.80. The van der Waals surface area contributed by atoms with Gasteiger partial charge in [0.2, 0.25) is 0 Å². The molecule has 0 atom stereocenters. The zero-order valence-electron chi connectivity index (χ0n) is 13.8. The molecule has 6 nitrogen and oxygen atoms in total. The van der Waals surface area contributed by atoms with Gasteiger partial charge in [0.15, 0.2) is 11.6 Å². The molecule has 0 spiro atoms. The van der Waals surface area contributed by atoms with Gasteiger partial charge in [-0.15, -0.1) is 0 Å². The maximum atomic E-state index is 11.7. The number of aliphatic imine (C=N–C) groups is 1. The normalized spacial score (nSPS) is 15.4. The van der Waals surface area contributed by atoms with E-state index in [1.807, 2.05) is 6.07 Å². The highest BCUT2D eigenvalue weighted by Gasteiger charge is 2.20. The fourth-order valence-corrected chi connectivity index (χ4v) is 2.33. The van der Waals surface area contributed by atoms with E-state index < -0.39 is 11.9 Å². The summed E-state index contributed by atoms with van der Waals surface area (Å²) in [4.78, 5) is 29.2. The topological polar surface area (TPSA) is 68.2 Å². The second kappa shape index (κ2) is 7.09. The maximum absolute atomic E-state index is 11.7. The lowest BCUT2D eigenvalue weighted by molar-refractivity contribution is -0.132. The van der Waals surface area contributed by atoms with E-state index in [1.165, 1.54) is 6.92 Å². The SMILES string of the molecule is CCN(CC)c1ccc(/C=C2\N=C(C)OC2=O)c(OC(C)=O)c1. The van der Waals surface area contributed by atoms with Crippen LogP contribution in [-0.4, -0.2) is 30.9 Å². The Morgan fingerprint density at radius 1 is 1.35 bits per heavy atom. The van der Waals surface area contributed by atoms with Gasteiger partial charge in [-0.2, -0.15) is 0 Å². The summed E-state index contributed by atoms with van der Waals surface area (Å²) in [5, 5.41) is 0. The van der Waals surface area contributed by atoms with Gasteiger partial charge in [-0.05, 0) is 32.1 Å². The predicted octanol–water partition coefficient (Wildman–Crippen LogP) is 2.77. The van der Waals surface area contributed by atoms with Crippen molar-refractivity contribution in [2.45, 2.75) is 27.7 Å². The number of nitrogens with zero attached hydrogens (tertiary/aromatic N) is 2. The molecule has 0 N–H and O–H groups in total. The molecule has 1 aliphatic rings. The summed E-state index contributed by atoms with van der Waals surface area (Å²) in [6.45, 7) is 8.73. The summed E-state index contributed by atoms with van der Waals surface area (Å²) in [5.74, 6) is -0.240. The van der Waals surface area contributed by atoms with Gasteiger partial charge < -0.3 is 14.4 Å². The third-order valence-corrected chi connectivity index (χ3v) is 3.40. The van der Waals surface area contributed by atoms with Crippen molar-refractivity contribution >= 4 is 29.6 Å². The summed E-state index contributed by atoms with van der Waals surface area (Å²) in [6, 6.07) is 5.51. The first-order chi connectivity index (χ1) is 10.9. The molecule has 1 heterocycles. The molecule has 122 valence electrons. The average molecular weight is 316 g/mol. The summed E-state index contributed by atoms with van der Waals surface area (Å²) in [5.41, 5.74) is 1.73. The van der Waals surface area contributed by atoms with Crippen molar-refractivity contribution in [2.75, 3.05) is 18.0 Å². The molecule has 0 aromatic heterocycles. The number of anilines is 1. The van der Waals surface area contributed by atoms with Gasteiger partial charge in [0, 0.05) is 44.3 Å². The first-order valence-corrected chi connectivity index (χ1v) is 7.51. The smallest absolute Gasteiger partial charge is 0.363 e. The summed E-state index contributed by atoms with van der Waals surface area (Å²) in [6.07, 6.45) is 1.56. The van der Waals surface area contributed by atoms with E-state index in [0.29, 0.717) is 17.2 Å². The zero-order chi connectivity index (χ0) is 17.0. The van der Waals surface area contributed by atoms with Gasteiger partial charge in [0.1, 0.15) is 5.75 Å². The molecular weight excluding hydrogens is 296 g/mol. The van der Waals surface area contributed by atoms with Crippen LogP contribution < -0.4 is 9.64 Å². The molecule has 1 aliphatic heterocycles. The summed E-state index contributed by atoms with van der Waals surface area (Å²) < 4.78 is 10.2. The van der Waals surface area contributed by atoms with E-state index >= 15 is 0 Å². The minimum Gasteiger partial charge on any atom is -0.426 e. The Morgan fingerprint density at radius 3 is 2.57 bits per heavy atom. The van der Waals surface area contributed by atoms with Crippen LogP contribution in [-0.2, 0) is 14.3 Å². The molecule has 1 aromatic carbocycles. The van der Waals surface area contributed by atoms with Crippen LogP contribution in [0.3, 0.4) is 0 Å². The second-order valence-corrected chi connectivity index (χ2v) is 5.04. The van der Waals surface area contributed by atoms with E-state index in [4.69, 9.17) is 9.47 Å². The van der Waals surface area contributed by atoms with E-state index in [-0.39, 0.29) is 5.70 Å². The standard InChI is InChI=1S/C17H20N2O4/c1-5-19(6-2)14-8-7-13(16(10-14)23-12(4)20)9-15-17(21)22-11(3)18-15/h7-10H,5-6H2,1-4H3/b15-9-. The van der Waals surface area contributed by atoms with Crippen molar-refractivity contribution in [3.63, 3.8) is 0 Å². The van der Waals surface area contributed by atoms with Crippen LogP contribution in [0.15, 0.2) is 28.9 Å². The number of carbonyl (C=O) groups excluding carboxylic acids is 2. The second-order valence-electron chi connectivity index (χ2n) is 5.04.